The number of halogens is 1. The van der Waals surface area contributed by atoms with Crippen LogP contribution in [0.15, 0.2) is 0 Å². The highest BCUT2D eigenvalue weighted by molar-refractivity contribution is 5.85. The SMILES string of the molecule is CCC(C)NC(=O)OC(C)(C)C.Cl. The van der Waals surface area contributed by atoms with Gasteiger partial charge in [-0.1, -0.05) is 6.92 Å². The molecule has 0 aromatic heterocycles. The number of ether oxygens (including phenoxy) is 1. The minimum Gasteiger partial charge on any atom is -0.444 e. The summed E-state index contributed by atoms with van der Waals surface area (Å²) in [4.78, 5) is 11.1. The second kappa shape index (κ2) is 6.08. The van der Waals surface area contributed by atoms with Crippen LogP contribution in [0, 0.1) is 0 Å². The van der Waals surface area contributed by atoms with Crippen molar-refractivity contribution in [1.82, 2.24) is 5.32 Å². The molecular weight excluding hydrogens is 190 g/mol. The van der Waals surface area contributed by atoms with Crippen LogP contribution in [-0.4, -0.2) is 17.7 Å². The first kappa shape index (κ1) is 15.1. The van der Waals surface area contributed by atoms with Crippen molar-refractivity contribution in [3.8, 4) is 0 Å². The van der Waals surface area contributed by atoms with Gasteiger partial charge in [0.05, 0.1) is 0 Å². The summed E-state index contributed by atoms with van der Waals surface area (Å²) in [5, 5.41) is 2.72. The lowest BCUT2D eigenvalue weighted by Crippen LogP contribution is -2.37. The van der Waals surface area contributed by atoms with Gasteiger partial charge in [0.15, 0.2) is 0 Å². The van der Waals surface area contributed by atoms with Gasteiger partial charge in [-0.25, -0.2) is 4.79 Å². The summed E-state index contributed by atoms with van der Waals surface area (Å²) in [7, 11) is 0. The average molecular weight is 210 g/mol. The predicted molar refractivity (Wildman–Crippen MR) is 56.4 cm³/mol. The van der Waals surface area contributed by atoms with E-state index in [-0.39, 0.29) is 24.5 Å². The molecule has 80 valence electrons. The summed E-state index contributed by atoms with van der Waals surface area (Å²) in [5.74, 6) is 0. The maximum Gasteiger partial charge on any atom is 0.407 e. The number of hydrogen-bond acceptors (Lipinski definition) is 2. The Morgan fingerprint density at radius 3 is 2.23 bits per heavy atom. The second-order valence-corrected chi connectivity index (χ2v) is 3.96. The van der Waals surface area contributed by atoms with Crippen LogP contribution in [0.5, 0.6) is 0 Å². The molecule has 0 aromatic rings. The predicted octanol–water partition coefficient (Wildman–Crippen LogP) is 2.73. The van der Waals surface area contributed by atoms with Gasteiger partial charge in [0.2, 0.25) is 0 Å². The number of rotatable bonds is 2. The molecule has 0 fully saturated rings. The highest BCUT2D eigenvalue weighted by Crippen LogP contribution is 2.06. The highest BCUT2D eigenvalue weighted by Gasteiger charge is 2.16. The average Bonchev–Trinajstić information content (AvgIpc) is 1.82. The summed E-state index contributed by atoms with van der Waals surface area (Å²) in [5.41, 5.74) is -0.405. The largest absolute Gasteiger partial charge is 0.444 e. The zero-order valence-electron chi connectivity index (χ0n) is 9.01. The minimum absolute atomic E-state index is 0. The van der Waals surface area contributed by atoms with Crippen molar-refractivity contribution in [2.75, 3.05) is 0 Å². The highest BCUT2D eigenvalue weighted by atomic mass is 35.5. The van der Waals surface area contributed by atoms with E-state index in [1.807, 2.05) is 34.6 Å². The summed E-state index contributed by atoms with van der Waals surface area (Å²) >= 11 is 0. The standard InChI is InChI=1S/C9H19NO2.ClH/c1-6-7(2)10-8(11)12-9(3,4)5;/h7H,6H2,1-5H3,(H,10,11);1H. The molecule has 0 aliphatic heterocycles. The van der Waals surface area contributed by atoms with E-state index in [1.165, 1.54) is 0 Å². The fourth-order valence-electron chi connectivity index (χ4n) is 0.611. The summed E-state index contributed by atoms with van der Waals surface area (Å²) < 4.78 is 5.06. The molecule has 1 unspecified atom stereocenters. The molecule has 0 heterocycles. The third kappa shape index (κ3) is 9.47. The Morgan fingerprint density at radius 1 is 1.46 bits per heavy atom. The molecule has 3 nitrogen and oxygen atoms in total. The van der Waals surface area contributed by atoms with Crippen LogP contribution in [0.1, 0.15) is 41.0 Å². The smallest absolute Gasteiger partial charge is 0.407 e. The third-order valence-electron chi connectivity index (χ3n) is 1.38. The van der Waals surface area contributed by atoms with Crippen molar-refractivity contribution < 1.29 is 9.53 Å². The molecule has 0 aliphatic carbocycles. The number of carbonyl (C=O) groups excluding carboxylic acids is 1. The van der Waals surface area contributed by atoms with E-state index in [1.54, 1.807) is 0 Å². The Labute approximate surface area is 86.6 Å². The topological polar surface area (TPSA) is 38.3 Å². The van der Waals surface area contributed by atoms with Gasteiger partial charge < -0.3 is 10.1 Å². The summed E-state index contributed by atoms with van der Waals surface area (Å²) in [6.45, 7) is 9.52. The Kier molecular flexibility index (Phi) is 7.04. The Balaban J connectivity index is 0. The van der Waals surface area contributed by atoms with E-state index in [4.69, 9.17) is 4.74 Å². The Bertz CT molecular complexity index is 154. The molecule has 1 atom stereocenters. The first-order valence-electron chi connectivity index (χ1n) is 4.34. The van der Waals surface area contributed by atoms with E-state index in [2.05, 4.69) is 5.32 Å². The molecule has 0 aromatic carbocycles. The molecule has 1 N–H and O–H groups in total. The molecule has 0 saturated heterocycles. The lowest BCUT2D eigenvalue weighted by Gasteiger charge is -2.21. The molecule has 0 aliphatic rings. The Hall–Kier alpha value is -0.440. The molecule has 0 bridgehead atoms. The minimum atomic E-state index is -0.405. The fraction of sp³-hybridized carbons (Fsp3) is 0.889. The van der Waals surface area contributed by atoms with E-state index in [9.17, 15) is 4.79 Å². The van der Waals surface area contributed by atoms with E-state index in [0.29, 0.717) is 0 Å². The van der Waals surface area contributed by atoms with Crippen molar-refractivity contribution in [1.29, 1.82) is 0 Å². The maximum atomic E-state index is 11.1. The van der Waals surface area contributed by atoms with Gasteiger partial charge in [-0.05, 0) is 34.1 Å². The van der Waals surface area contributed by atoms with Crippen LogP contribution in [0.2, 0.25) is 0 Å². The number of amides is 1. The second-order valence-electron chi connectivity index (χ2n) is 3.96. The van der Waals surface area contributed by atoms with Crippen LogP contribution in [0.3, 0.4) is 0 Å². The van der Waals surface area contributed by atoms with Gasteiger partial charge in [0.1, 0.15) is 5.60 Å². The van der Waals surface area contributed by atoms with Crippen LogP contribution in [-0.2, 0) is 4.74 Å². The van der Waals surface area contributed by atoms with Gasteiger partial charge in [-0.2, -0.15) is 0 Å². The van der Waals surface area contributed by atoms with E-state index < -0.39 is 5.60 Å². The lowest BCUT2D eigenvalue weighted by atomic mass is 10.2. The summed E-state index contributed by atoms with van der Waals surface area (Å²) in [6.07, 6.45) is 0.580. The van der Waals surface area contributed by atoms with Gasteiger partial charge in [0, 0.05) is 6.04 Å². The van der Waals surface area contributed by atoms with Crippen LogP contribution < -0.4 is 5.32 Å². The number of alkyl carbamates (subject to hydrolysis) is 1. The zero-order chi connectivity index (χ0) is 9.78. The lowest BCUT2D eigenvalue weighted by molar-refractivity contribution is 0.0507. The first-order valence-corrected chi connectivity index (χ1v) is 4.34. The van der Waals surface area contributed by atoms with Crippen molar-refractivity contribution in [2.24, 2.45) is 0 Å². The van der Waals surface area contributed by atoms with Gasteiger partial charge in [-0.15, -0.1) is 12.4 Å². The summed E-state index contributed by atoms with van der Waals surface area (Å²) in [6, 6.07) is 0.180. The monoisotopic (exact) mass is 209 g/mol. The van der Waals surface area contributed by atoms with Crippen LogP contribution >= 0.6 is 12.4 Å². The number of carbonyl (C=O) groups is 1. The molecule has 4 heteroatoms. The van der Waals surface area contributed by atoms with Crippen molar-refractivity contribution in [2.45, 2.75) is 52.7 Å². The molecule has 0 saturated carbocycles. The molecule has 0 spiro atoms. The van der Waals surface area contributed by atoms with Crippen molar-refractivity contribution in [3.63, 3.8) is 0 Å². The molecular formula is C9H20ClNO2. The fourth-order valence-corrected chi connectivity index (χ4v) is 0.611. The maximum absolute atomic E-state index is 11.1. The molecule has 1 amide bonds. The van der Waals surface area contributed by atoms with E-state index >= 15 is 0 Å². The number of nitrogens with one attached hydrogen (secondary N) is 1. The molecule has 0 radical (unpaired) electrons. The van der Waals surface area contributed by atoms with E-state index in [0.717, 1.165) is 6.42 Å². The normalized spacial score (nSPS) is 12.7. The number of hydrogen-bond donors (Lipinski definition) is 1. The van der Waals surface area contributed by atoms with Crippen LogP contribution in [0.4, 0.5) is 4.79 Å². The Morgan fingerprint density at radius 2 is 1.92 bits per heavy atom. The van der Waals surface area contributed by atoms with Gasteiger partial charge >= 0.3 is 6.09 Å². The van der Waals surface area contributed by atoms with Crippen molar-refractivity contribution in [3.05, 3.63) is 0 Å². The quantitative estimate of drug-likeness (QED) is 0.760. The van der Waals surface area contributed by atoms with Gasteiger partial charge in [-0.3, -0.25) is 0 Å². The van der Waals surface area contributed by atoms with Gasteiger partial charge in [0.25, 0.3) is 0 Å². The van der Waals surface area contributed by atoms with Crippen molar-refractivity contribution >= 4 is 18.5 Å². The first-order chi connectivity index (χ1) is 5.35. The molecule has 0 rings (SSSR count). The zero-order valence-corrected chi connectivity index (χ0v) is 9.83. The molecule has 13 heavy (non-hydrogen) atoms. The third-order valence-corrected chi connectivity index (χ3v) is 1.38. The van der Waals surface area contributed by atoms with Crippen LogP contribution in [0.25, 0.3) is 0 Å².